The molecule has 2 aromatic rings. The van der Waals surface area contributed by atoms with Crippen LogP contribution in [-0.2, 0) is 13.6 Å². The molecular weight excluding hydrogens is 290 g/mol. The largest absolute Gasteiger partial charge is 0.383 e. The predicted octanol–water partition coefficient (Wildman–Crippen LogP) is 1.81. The van der Waals surface area contributed by atoms with E-state index in [1.165, 1.54) is 17.5 Å². The van der Waals surface area contributed by atoms with Crippen molar-refractivity contribution >= 4 is 17.3 Å². The summed E-state index contributed by atoms with van der Waals surface area (Å²) in [7, 11) is 1.78. The lowest BCUT2D eigenvalue weighted by Crippen LogP contribution is -2.23. The van der Waals surface area contributed by atoms with Crippen LogP contribution in [0.4, 0.5) is 5.69 Å². The maximum absolute atomic E-state index is 12.1. The Balaban J connectivity index is 1.77. The van der Waals surface area contributed by atoms with Gasteiger partial charge >= 0.3 is 0 Å². The molecule has 0 saturated heterocycles. The molecule has 0 atom stereocenters. The Hall–Kier alpha value is -1.82. The SMILES string of the molecule is Cc1nn(C)c(Cl)c1Cn1ncc(NCC2CC2)cc1=O. The fourth-order valence-corrected chi connectivity index (χ4v) is 2.47. The summed E-state index contributed by atoms with van der Waals surface area (Å²) in [5, 5.41) is 12.2. The van der Waals surface area contributed by atoms with Crippen molar-refractivity contribution in [2.24, 2.45) is 13.0 Å². The molecule has 0 amide bonds. The average molecular weight is 308 g/mol. The highest BCUT2D eigenvalue weighted by molar-refractivity contribution is 6.30. The Kier molecular flexibility index (Phi) is 3.71. The second-order valence-corrected chi connectivity index (χ2v) is 5.90. The Morgan fingerprint density at radius 2 is 2.24 bits per heavy atom. The van der Waals surface area contributed by atoms with E-state index in [-0.39, 0.29) is 5.56 Å². The molecule has 2 heterocycles. The zero-order valence-corrected chi connectivity index (χ0v) is 12.9. The highest BCUT2D eigenvalue weighted by Gasteiger charge is 2.20. The highest BCUT2D eigenvalue weighted by Crippen LogP contribution is 2.28. The van der Waals surface area contributed by atoms with E-state index >= 15 is 0 Å². The molecule has 1 N–H and O–H groups in total. The van der Waals surface area contributed by atoms with E-state index in [0.717, 1.165) is 29.4 Å². The number of nitrogens with one attached hydrogen (secondary N) is 1. The third-order valence-electron chi connectivity index (χ3n) is 3.74. The van der Waals surface area contributed by atoms with Gasteiger partial charge in [0.2, 0.25) is 0 Å². The van der Waals surface area contributed by atoms with Gasteiger partial charge < -0.3 is 5.32 Å². The van der Waals surface area contributed by atoms with E-state index in [1.54, 1.807) is 24.0 Å². The van der Waals surface area contributed by atoms with Gasteiger partial charge in [0.25, 0.3) is 5.56 Å². The second kappa shape index (κ2) is 5.52. The van der Waals surface area contributed by atoms with Crippen molar-refractivity contribution in [2.45, 2.75) is 26.3 Å². The highest BCUT2D eigenvalue weighted by atomic mass is 35.5. The van der Waals surface area contributed by atoms with Crippen molar-refractivity contribution in [1.29, 1.82) is 0 Å². The first kappa shape index (κ1) is 14.1. The fourth-order valence-electron chi connectivity index (χ4n) is 2.24. The van der Waals surface area contributed by atoms with Crippen LogP contribution in [0.25, 0.3) is 0 Å². The van der Waals surface area contributed by atoms with Gasteiger partial charge in [-0.25, -0.2) is 4.68 Å². The number of halogens is 1. The van der Waals surface area contributed by atoms with Gasteiger partial charge in [0.15, 0.2) is 0 Å². The lowest BCUT2D eigenvalue weighted by atomic mass is 10.2. The standard InChI is InChI=1S/C14H18ClN5O/c1-9-12(14(15)19(2)18-9)8-20-13(21)5-11(7-17-20)16-6-10-3-4-10/h5,7,10,16H,3-4,6,8H2,1-2H3. The molecular formula is C14H18ClN5O. The van der Waals surface area contributed by atoms with E-state index in [4.69, 9.17) is 11.6 Å². The average Bonchev–Trinajstić information content (AvgIpc) is 3.23. The minimum atomic E-state index is -0.143. The zero-order chi connectivity index (χ0) is 15.0. The number of hydrogen-bond donors (Lipinski definition) is 1. The fraction of sp³-hybridized carbons (Fsp3) is 0.500. The lowest BCUT2D eigenvalue weighted by molar-refractivity contribution is 0.637. The van der Waals surface area contributed by atoms with Gasteiger partial charge in [0.05, 0.1) is 24.1 Å². The minimum Gasteiger partial charge on any atom is -0.383 e. The zero-order valence-electron chi connectivity index (χ0n) is 12.1. The van der Waals surface area contributed by atoms with Crippen molar-refractivity contribution in [2.75, 3.05) is 11.9 Å². The van der Waals surface area contributed by atoms with Gasteiger partial charge in [-0.05, 0) is 25.7 Å². The molecule has 7 heteroatoms. The molecule has 112 valence electrons. The lowest BCUT2D eigenvalue weighted by Gasteiger charge is -2.07. The van der Waals surface area contributed by atoms with Crippen molar-refractivity contribution < 1.29 is 0 Å². The maximum Gasteiger partial charge on any atom is 0.269 e. The number of hydrogen-bond acceptors (Lipinski definition) is 4. The van der Waals surface area contributed by atoms with Crippen LogP contribution in [0.15, 0.2) is 17.1 Å². The first-order chi connectivity index (χ1) is 10.0. The normalized spacial score (nSPS) is 14.4. The molecule has 1 fully saturated rings. The van der Waals surface area contributed by atoms with Crippen molar-refractivity contribution in [1.82, 2.24) is 19.6 Å². The van der Waals surface area contributed by atoms with E-state index in [2.05, 4.69) is 15.5 Å². The summed E-state index contributed by atoms with van der Waals surface area (Å²) in [6.07, 6.45) is 4.23. The van der Waals surface area contributed by atoms with Crippen molar-refractivity contribution in [3.63, 3.8) is 0 Å². The minimum absolute atomic E-state index is 0.143. The first-order valence-corrected chi connectivity index (χ1v) is 7.41. The van der Waals surface area contributed by atoms with Crippen molar-refractivity contribution in [3.05, 3.63) is 39.0 Å². The molecule has 6 nitrogen and oxygen atoms in total. The summed E-state index contributed by atoms with van der Waals surface area (Å²) in [5.74, 6) is 0.754. The van der Waals surface area contributed by atoms with E-state index in [1.807, 2.05) is 6.92 Å². The van der Waals surface area contributed by atoms with E-state index in [9.17, 15) is 4.79 Å². The van der Waals surface area contributed by atoms with Crippen LogP contribution in [-0.4, -0.2) is 26.1 Å². The van der Waals surface area contributed by atoms with Crippen LogP contribution in [0.1, 0.15) is 24.1 Å². The van der Waals surface area contributed by atoms with Crippen LogP contribution in [0, 0.1) is 12.8 Å². The predicted molar refractivity (Wildman–Crippen MR) is 81.8 cm³/mol. The van der Waals surface area contributed by atoms with Crippen LogP contribution in [0.3, 0.4) is 0 Å². The summed E-state index contributed by atoms with van der Waals surface area (Å²) in [5.41, 5.74) is 2.27. The van der Waals surface area contributed by atoms with Crippen LogP contribution >= 0.6 is 11.6 Å². The number of nitrogens with zero attached hydrogens (tertiary/aromatic N) is 4. The molecule has 0 aliphatic heterocycles. The molecule has 3 rings (SSSR count). The summed E-state index contributed by atoms with van der Waals surface area (Å²) >= 11 is 6.18. The number of aromatic nitrogens is 4. The number of aryl methyl sites for hydroxylation is 2. The molecule has 0 unspecified atom stereocenters. The van der Waals surface area contributed by atoms with Gasteiger partial charge in [-0.15, -0.1) is 0 Å². The van der Waals surface area contributed by atoms with E-state index < -0.39 is 0 Å². The quantitative estimate of drug-likeness (QED) is 0.915. The Bertz CT molecular complexity index is 717. The molecule has 1 aliphatic carbocycles. The topological polar surface area (TPSA) is 64.7 Å². The van der Waals surface area contributed by atoms with Gasteiger partial charge in [0, 0.05) is 25.2 Å². The monoisotopic (exact) mass is 307 g/mol. The van der Waals surface area contributed by atoms with E-state index in [0.29, 0.717) is 11.7 Å². The molecule has 1 aliphatic rings. The van der Waals surface area contributed by atoms with Crippen molar-refractivity contribution in [3.8, 4) is 0 Å². The van der Waals surface area contributed by atoms with Gasteiger partial charge in [-0.3, -0.25) is 9.48 Å². The van der Waals surface area contributed by atoms with Gasteiger partial charge in [0.1, 0.15) is 5.15 Å². The molecule has 21 heavy (non-hydrogen) atoms. The summed E-state index contributed by atoms with van der Waals surface area (Å²) in [6.45, 7) is 3.12. The molecule has 2 aromatic heterocycles. The Labute approximate surface area is 127 Å². The Morgan fingerprint density at radius 3 is 2.81 bits per heavy atom. The third kappa shape index (κ3) is 3.10. The molecule has 0 aromatic carbocycles. The first-order valence-electron chi connectivity index (χ1n) is 7.03. The van der Waals surface area contributed by atoms with Crippen LogP contribution < -0.4 is 10.9 Å². The molecule has 1 saturated carbocycles. The number of anilines is 1. The van der Waals surface area contributed by atoms with Gasteiger partial charge in [-0.1, -0.05) is 11.6 Å². The molecule has 0 spiro atoms. The maximum atomic E-state index is 12.1. The third-order valence-corrected chi connectivity index (χ3v) is 4.21. The molecule has 0 radical (unpaired) electrons. The second-order valence-electron chi connectivity index (χ2n) is 5.54. The Morgan fingerprint density at radius 1 is 1.48 bits per heavy atom. The van der Waals surface area contributed by atoms with Crippen LogP contribution in [0.5, 0.6) is 0 Å². The van der Waals surface area contributed by atoms with Crippen LogP contribution in [0.2, 0.25) is 5.15 Å². The molecule has 0 bridgehead atoms. The summed E-state index contributed by atoms with van der Waals surface area (Å²) in [6, 6.07) is 1.58. The number of rotatable bonds is 5. The summed E-state index contributed by atoms with van der Waals surface area (Å²) in [4.78, 5) is 12.1. The van der Waals surface area contributed by atoms with Gasteiger partial charge in [-0.2, -0.15) is 10.2 Å². The smallest absolute Gasteiger partial charge is 0.269 e. The summed E-state index contributed by atoms with van der Waals surface area (Å²) < 4.78 is 3.00.